The van der Waals surface area contributed by atoms with Gasteiger partial charge in [-0.3, -0.25) is 19.8 Å². The SMILES string of the molecule is COc1cc2[nH]nc(-c3ccc(C4CCN(C5CCN(C)C5=O)C4)nc3)c2nc1-c1cccc2c1CCC2. The first-order valence-corrected chi connectivity index (χ1v) is 13.6. The number of carbonyl (C=O) groups is 1. The van der Waals surface area contributed by atoms with E-state index in [1.165, 1.54) is 17.5 Å². The van der Waals surface area contributed by atoms with Crippen LogP contribution in [-0.2, 0) is 17.6 Å². The minimum atomic E-state index is 0.0304. The second-order valence-electron chi connectivity index (χ2n) is 10.8. The average Bonchev–Trinajstić information content (AvgIpc) is 3.75. The van der Waals surface area contributed by atoms with Gasteiger partial charge in [-0.1, -0.05) is 18.2 Å². The first kappa shape index (κ1) is 23.3. The number of nitrogens with one attached hydrogen (secondary N) is 1. The highest BCUT2D eigenvalue weighted by Crippen LogP contribution is 2.39. The van der Waals surface area contributed by atoms with E-state index in [1.807, 2.05) is 24.2 Å². The van der Waals surface area contributed by atoms with Crippen LogP contribution in [0.3, 0.4) is 0 Å². The number of nitrogens with zero attached hydrogens (tertiary/aromatic N) is 5. The lowest BCUT2D eigenvalue weighted by Crippen LogP contribution is -2.39. The summed E-state index contributed by atoms with van der Waals surface area (Å²) in [6.45, 7) is 2.68. The monoisotopic (exact) mass is 508 g/mol. The van der Waals surface area contributed by atoms with Crippen molar-refractivity contribution in [2.75, 3.05) is 33.8 Å². The Bertz CT molecular complexity index is 1530. The van der Waals surface area contributed by atoms with Crippen LogP contribution in [0.5, 0.6) is 5.75 Å². The van der Waals surface area contributed by atoms with Gasteiger partial charge in [-0.2, -0.15) is 5.10 Å². The van der Waals surface area contributed by atoms with Crippen molar-refractivity contribution in [3.05, 3.63) is 59.4 Å². The van der Waals surface area contributed by atoms with Gasteiger partial charge in [0.05, 0.1) is 18.7 Å². The summed E-state index contributed by atoms with van der Waals surface area (Å²) in [5.41, 5.74) is 9.27. The topological polar surface area (TPSA) is 87.2 Å². The number of ether oxygens (including phenoxy) is 1. The first-order chi connectivity index (χ1) is 18.6. The van der Waals surface area contributed by atoms with Crippen molar-refractivity contribution in [1.82, 2.24) is 30.0 Å². The molecule has 1 amide bonds. The molecule has 1 N–H and O–H groups in total. The highest BCUT2D eigenvalue weighted by molar-refractivity contribution is 5.93. The first-order valence-electron chi connectivity index (χ1n) is 13.6. The molecule has 8 heteroatoms. The van der Waals surface area contributed by atoms with E-state index in [2.05, 4.69) is 45.4 Å². The van der Waals surface area contributed by atoms with E-state index in [0.717, 1.165) is 90.3 Å². The van der Waals surface area contributed by atoms with E-state index in [-0.39, 0.29) is 11.9 Å². The summed E-state index contributed by atoms with van der Waals surface area (Å²) in [4.78, 5) is 26.6. The fraction of sp³-hybridized carbons (Fsp3) is 0.400. The van der Waals surface area contributed by atoms with Crippen LogP contribution < -0.4 is 4.74 Å². The molecule has 0 bridgehead atoms. The zero-order chi connectivity index (χ0) is 25.8. The van der Waals surface area contributed by atoms with Gasteiger partial charge < -0.3 is 9.64 Å². The van der Waals surface area contributed by atoms with Gasteiger partial charge in [0.2, 0.25) is 5.91 Å². The lowest BCUT2D eigenvalue weighted by atomic mass is 9.99. The minimum absolute atomic E-state index is 0.0304. The minimum Gasteiger partial charge on any atom is -0.494 e. The smallest absolute Gasteiger partial charge is 0.239 e. The molecule has 0 saturated carbocycles. The van der Waals surface area contributed by atoms with Gasteiger partial charge in [-0.25, -0.2) is 4.98 Å². The maximum Gasteiger partial charge on any atom is 0.239 e. The van der Waals surface area contributed by atoms with E-state index in [1.54, 1.807) is 7.11 Å². The van der Waals surface area contributed by atoms with Crippen molar-refractivity contribution in [3.8, 4) is 28.3 Å². The van der Waals surface area contributed by atoms with Crippen molar-refractivity contribution >= 4 is 16.9 Å². The van der Waals surface area contributed by atoms with Gasteiger partial charge in [0.25, 0.3) is 0 Å². The van der Waals surface area contributed by atoms with Crippen molar-refractivity contribution in [2.24, 2.45) is 0 Å². The standard InChI is InChI=1S/C30H32N6O2/c1-35-13-12-25(30(35)37)36-14-11-20(17-36)23-10-9-19(16-31-23)27-29-24(33-34-27)15-26(38-2)28(32-29)22-8-4-6-18-5-3-7-21(18)22/h4,6,8-10,15-16,20,25H,3,5,7,11-14,17H2,1-2H3,(H,33,34). The van der Waals surface area contributed by atoms with E-state index in [0.29, 0.717) is 5.92 Å². The maximum atomic E-state index is 12.5. The Labute approximate surface area is 222 Å². The molecule has 0 spiro atoms. The molecule has 8 nitrogen and oxygen atoms in total. The third kappa shape index (κ3) is 3.77. The fourth-order valence-corrected chi connectivity index (χ4v) is 6.56. The van der Waals surface area contributed by atoms with E-state index < -0.39 is 0 Å². The molecule has 7 rings (SSSR count). The quantitative estimate of drug-likeness (QED) is 0.435. The number of aromatic amines is 1. The number of likely N-dealkylation sites (N-methyl/N-ethyl adjacent to an activating group) is 1. The lowest BCUT2D eigenvalue weighted by Gasteiger charge is -2.22. The Morgan fingerprint density at radius 3 is 2.79 bits per heavy atom. The van der Waals surface area contributed by atoms with Gasteiger partial charge >= 0.3 is 0 Å². The molecular formula is C30H32N6O2. The lowest BCUT2D eigenvalue weighted by molar-refractivity contribution is -0.130. The Morgan fingerprint density at radius 1 is 1.08 bits per heavy atom. The number of fused-ring (bicyclic) bond motifs is 2. The Morgan fingerprint density at radius 2 is 2.00 bits per heavy atom. The molecule has 1 aliphatic carbocycles. The number of aryl methyl sites for hydroxylation is 1. The predicted octanol–water partition coefficient (Wildman–Crippen LogP) is 4.20. The Hall–Kier alpha value is -3.78. The largest absolute Gasteiger partial charge is 0.494 e. The predicted molar refractivity (Wildman–Crippen MR) is 146 cm³/mol. The maximum absolute atomic E-state index is 12.5. The summed E-state index contributed by atoms with van der Waals surface area (Å²) in [6, 6.07) is 12.7. The van der Waals surface area contributed by atoms with Gasteiger partial charge in [-0.05, 0) is 61.9 Å². The van der Waals surface area contributed by atoms with Gasteiger partial charge in [0, 0.05) is 55.1 Å². The van der Waals surface area contributed by atoms with Crippen LogP contribution in [0.2, 0.25) is 0 Å². The normalized spacial score (nSPS) is 21.5. The molecule has 2 unspecified atom stereocenters. The van der Waals surface area contributed by atoms with Crippen LogP contribution in [0.15, 0.2) is 42.6 Å². The van der Waals surface area contributed by atoms with Crippen molar-refractivity contribution < 1.29 is 9.53 Å². The molecule has 3 aliphatic rings. The van der Waals surface area contributed by atoms with Gasteiger partial charge in [0.15, 0.2) is 0 Å². The molecular weight excluding hydrogens is 476 g/mol. The summed E-state index contributed by atoms with van der Waals surface area (Å²) in [5.74, 6) is 1.34. The molecule has 2 saturated heterocycles. The number of H-pyrrole nitrogens is 1. The molecule has 0 radical (unpaired) electrons. The highest BCUT2D eigenvalue weighted by atomic mass is 16.5. The molecule has 1 aromatic carbocycles. The molecule has 4 aromatic rings. The van der Waals surface area contributed by atoms with Gasteiger partial charge in [-0.15, -0.1) is 0 Å². The summed E-state index contributed by atoms with van der Waals surface area (Å²) in [6.07, 6.45) is 7.23. The number of carbonyl (C=O) groups excluding carboxylic acids is 1. The second-order valence-corrected chi connectivity index (χ2v) is 10.8. The van der Waals surface area contributed by atoms with Crippen LogP contribution in [0.1, 0.15) is 42.0 Å². The Kier molecular flexibility index (Phi) is 5.65. The third-order valence-corrected chi connectivity index (χ3v) is 8.66. The molecule has 2 fully saturated rings. The average molecular weight is 509 g/mol. The van der Waals surface area contributed by atoms with Crippen LogP contribution in [0.25, 0.3) is 33.5 Å². The number of pyridine rings is 2. The number of hydrogen-bond acceptors (Lipinski definition) is 6. The second kappa shape index (κ2) is 9.20. The van der Waals surface area contributed by atoms with Gasteiger partial charge in [0.1, 0.15) is 22.7 Å². The van der Waals surface area contributed by atoms with E-state index in [9.17, 15) is 4.79 Å². The summed E-state index contributed by atoms with van der Waals surface area (Å²) in [7, 11) is 3.59. The Balaban J connectivity index is 1.18. The molecule has 3 aromatic heterocycles. The zero-order valence-corrected chi connectivity index (χ0v) is 21.9. The van der Waals surface area contributed by atoms with E-state index >= 15 is 0 Å². The number of aromatic nitrogens is 4. The number of methoxy groups -OCH3 is 1. The highest BCUT2D eigenvalue weighted by Gasteiger charge is 2.38. The summed E-state index contributed by atoms with van der Waals surface area (Å²) < 4.78 is 5.76. The molecule has 194 valence electrons. The molecule has 2 aliphatic heterocycles. The molecule has 38 heavy (non-hydrogen) atoms. The number of likely N-dealkylation sites (tertiary alicyclic amines) is 2. The van der Waals surface area contributed by atoms with Crippen molar-refractivity contribution in [1.29, 1.82) is 0 Å². The van der Waals surface area contributed by atoms with Crippen LogP contribution in [0, 0.1) is 0 Å². The summed E-state index contributed by atoms with van der Waals surface area (Å²) in [5, 5.41) is 7.77. The number of benzene rings is 1. The third-order valence-electron chi connectivity index (χ3n) is 8.66. The van der Waals surface area contributed by atoms with Crippen LogP contribution in [0.4, 0.5) is 0 Å². The van der Waals surface area contributed by atoms with Crippen LogP contribution in [-0.4, -0.2) is 75.7 Å². The van der Waals surface area contributed by atoms with Crippen LogP contribution >= 0.6 is 0 Å². The van der Waals surface area contributed by atoms with Crippen molar-refractivity contribution in [3.63, 3.8) is 0 Å². The molecule has 2 atom stereocenters. The number of hydrogen-bond donors (Lipinski definition) is 1. The summed E-state index contributed by atoms with van der Waals surface area (Å²) >= 11 is 0. The zero-order valence-electron chi connectivity index (χ0n) is 21.9. The fourth-order valence-electron chi connectivity index (χ4n) is 6.56. The number of amides is 1. The van der Waals surface area contributed by atoms with E-state index in [4.69, 9.17) is 14.7 Å². The molecule has 5 heterocycles. The van der Waals surface area contributed by atoms with Crippen molar-refractivity contribution in [2.45, 2.75) is 44.1 Å². The number of rotatable bonds is 5.